The average molecular weight is 328 g/mol. The molecule has 3 nitrogen and oxygen atoms in total. The lowest BCUT2D eigenvalue weighted by molar-refractivity contribution is 0.184. The van der Waals surface area contributed by atoms with Gasteiger partial charge in [-0.15, -0.1) is 0 Å². The highest BCUT2D eigenvalue weighted by molar-refractivity contribution is 9.12. The average Bonchev–Trinajstić information content (AvgIpc) is 2.15. The van der Waals surface area contributed by atoms with E-state index in [1.807, 2.05) is 0 Å². The fraction of sp³-hybridized carbons (Fsp3) is 0.400. The smallest absolute Gasteiger partial charge is 0.228 e. The van der Waals surface area contributed by atoms with Gasteiger partial charge >= 0.3 is 0 Å². The predicted molar refractivity (Wildman–Crippen MR) is 68.5 cm³/mol. The summed E-state index contributed by atoms with van der Waals surface area (Å²) in [4.78, 5) is 0. The zero-order chi connectivity index (χ0) is 12.6. The van der Waals surface area contributed by atoms with Gasteiger partial charge in [-0.3, -0.25) is 0 Å². The number of aliphatic hydroxyl groups excluding tert-OH is 1. The van der Waals surface area contributed by atoms with Crippen molar-refractivity contribution in [3.8, 4) is 0 Å². The van der Waals surface area contributed by atoms with Crippen molar-refractivity contribution in [2.45, 2.75) is 16.1 Å². The first-order valence-electron chi connectivity index (χ1n) is 4.49. The summed E-state index contributed by atoms with van der Waals surface area (Å²) in [6.45, 7) is 1.78. The molecule has 16 heavy (non-hydrogen) atoms. The molecule has 0 saturated heterocycles. The van der Waals surface area contributed by atoms with E-state index in [4.69, 9.17) is 11.6 Å². The van der Waals surface area contributed by atoms with Crippen molar-refractivity contribution in [2.75, 3.05) is 6.26 Å². The summed E-state index contributed by atoms with van der Waals surface area (Å²) in [5.41, 5.74) is 1.27. The summed E-state index contributed by atoms with van der Waals surface area (Å²) < 4.78 is 21.0. The number of aliphatic hydroxyl groups is 1. The molecule has 0 aliphatic rings. The number of hydrogen-bond acceptors (Lipinski definition) is 3. The Hall–Kier alpha value is -0.100. The summed E-state index contributed by atoms with van der Waals surface area (Å²) in [6, 6.07) is 6.94. The van der Waals surface area contributed by atoms with Crippen LogP contribution in [0.4, 0.5) is 0 Å². The van der Waals surface area contributed by atoms with E-state index in [-0.39, 0.29) is 0 Å². The lowest BCUT2D eigenvalue weighted by atomic mass is 10.0. The standard InChI is InChI=1S/C10H12BrClO3S/c1-7-5-3-4-6-8(7)9(13)10(11,12)16(2,14)15/h3-6,9,13H,1-2H3/t9-,10-/m1/s1. The highest BCUT2D eigenvalue weighted by Crippen LogP contribution is 2.42. The largest absolute Gasteiger partial charge is 0.385 e. The highest BCUT2D eigenvalue weighted by atomic mass is 79.9. The molecule has 1 aromatic rings. The number of aryl methyl sites for hydroxylation is 1. The van der Waals surface area contributed by atoms with Crippen molar-refractivity contribution in [1.82, 2.24) is 0 Å². The number of benzene rings is 1. The van der Waals surface area contributed by atoms with Gasteiger partial charge in [0.05, 0.1) is 0 Å². The molecule has 0 fully saturated rings. The minimum atomic E-state index is -3.63. The molecule has 0 amide bonds. The molecular weight excluding hydrogens is 316 g/mol. The molecule has 2 atom stereocenters. The zero-order valence-corrected chi connectivity index (χ0v) is 12.0. The first-order chi connectivity index (χ1) is 7.18. The second-order valence-electron chi connectivity index (χ2n) is 3.59. The molecule has 0 spiro atoms. The van der Waals surface area contributed by atoms with Crippen LogP contribution in [0.25, 0.3) is 0 Å². The molecule has 0 bridgehead atoms. The zero-order valence-electron chi connectivity index (χ0n) is 8.81. The van der Waals surface area contributed by atoms with Crippen molar-refractivity contribution in [2.24, 2.45) is 0 Å². The third kappa shape index (κ3) is 2.59. The number of hydrogen-bond donors (Lipinski definition) is 1. The molecule has 0 saturated carbocycles. The van der Waals surface area contributed by atoms with Crippen LogP contribution in [0.15, 0.2) is 24.3 Å². The van der Waals surface area contributed by atoms with Gasteiger partial charge < -0.3 is 5.11 Å². The third-order valence-electron chi connectivity index (χ3n) is 2.30. The van der Waals surface area contributed by atoms with E-state index in [1.165, 1.54) is 0 Å². The van der Waals surface area contributed by atoms with E-state index >= 15 is 0 Å². The van der Waals surface area contributed by atoms with E-state index in [0.29, 0.717) is 5.56 Å². The van der Waals surface area contributed by atoms with Crippen LogP contribution in [-0.4, -0.2) is 22.9 Å². The lowest BCUT2D eigenvalue weighted by Gasteiger charge is -2.25. The Morgan fingerprint density at radius 3 is 2.38 bits per heavy atom. The number of alkyl halides is 2. The Balaban J connectivity index is 3.23. The topological polar surface area (TPSA) is 54.4 Å². The Kier molecular flexibility index (Phi) is 4.05. The van der Waals surface area contributed by atoms with Crippen molar-refractivity contribution in [3.05, 3.63) is 35.4 Å². The fourth-order valence-electron chi connectivity index (χ4n) is 1.28. The normalized spacial score (nSPS) is 17.8. The Bertz CT molecular complexity index is 485. The fourth-order valence-corrected chi connectivity index (χ4v) is 2.17. The molecule has 0 radical (unpaired) electrons. The first-order valence-corrected chi connectivity index (χ1v) is 7.55. The van der Waals surface area contributed by atoms with E-state index < -0.39 is 19.1 Å². The van der Waals surface area contributed by atoms with E-state index in [0.717, 1.165) is 11.8 Å². The van der Waals surface area contributed by atoms with Gasteiger partial charge in [-0.2, -0.15) is 0 Å². The quantitative estimate of drug-likeness (QED) is 0.867. The van der Waals surface area contributed by atoms with Crippen LogP contribution in [0.5, 0.6) is 0 Å². The number of halogens is 2. The molecule has 0 aliphatic heterocycles. The SMILES string of the molecule is Cc1ccccc1[C@@H](O)[C@](Cl)(Br)S(C)(=O)=O. The van der Waals surface area contributed by atoms with Crippen molar-refractivity contribution >= 4 is 37.4 Å². The predicted octanol–water partition coefficient (Wildman–Crippen LogP) is 2.36. The van der Waals surface area contributed by atoms with Gasteiger partial charge in [0.15, 0.2) is 9.84 Å². The maximum absolute atomic E-state index is 11.4. The van der Waals surface area contributed by atoms with E-state index in [1.54, 1.807) is 31.2 Å². The van der Waals surface area contributed by atoms with Crippen LogP contribution in [-0.2, 0) is 9.84 Å². The molecular formula is C10H12BrClO3S. The second kappa shape index (κ2) is 4.64. The van der Waals surface area contributed by atoms with Gasteiger partial charge in [-0.25, -0.2) is 8.42 Å². The van der Waals surface area contributed by atoms with Gasteiger partial charge in [0.1, 0.15) is 6.10 Å². The van der Waals surface area contributed by atoms with Gasteiger partial charge in [-0.1, -0.05) is 35.9 Å². The molecule has 1 N–H and O–H groups in total. The van der Waals surface area contributed by atoms with E-state index in [9.17, 15) is 13.5 Å². The number of sulfone groups is 1. The first kappa shape index (κ1) is 14.0. The Morgan fingerprint density at radius 1 is 1.44 bits per heavy atom. The van der Waals surface area contributed by atoms with Crippen LogP contribution >= 0.6 is 27.5 Å². The molecule has 1 aromatic carbocycles. The minimum absolute atomic E-state index is 0.486. The summed E-state index contributed by atoms with van der Waals surface area (Å²) in [6.07, 6.45) is -0.360. The van der Waals surface area contributed by atoms with Gasteiger partial charge in [-0.05, 0) is 34.0 Å². The van der Waals surface area contributed by atoms with Gasteiger partial charge in [0, 0.05) is 6.26 Å². The van der Waals surface area contributed by atoms with Crippen molar-refractivity contribution in [3.63, 3.8) is 0 Å². The molecule has 1 rings (SSSR count). The van der Waals surface area contributed by atoms with Gasteiger partial charge in [0.25, 0.3) is 0 Å². The monoisotopic (exact) mass is 326 g/mol. The molecule has 0 aliphatic carbocycles. The van der Waals surface area contributed by atoms with Crippen molar-refractivity contribution in [1.29, 1.82) is 0 Å². The van der Waals surface area contributed by atoms with Crippen LogP contribution in [0, 0.1) is 6.92 Å². The van der Waals surface area contributed by atoms with Crippen LogP contribution in [0.1, 0.15) is 17.2 Å². The molecule has 90 valence electrons. The number of rotatable bonds is 3. The molecule has 0 unspecified atom stereocenters. The second-order valence-corrected chi connectivity index (χ2v) is 8.83. The maximum Gasteiger partial charge on any atom is 0.228 e. The Labute approximate surface area is 108 Å². The molecule has 6 heteroatoms. The summed E-state index contributed by atoms with van der Waals surface area (Å²) in [5, 5.41) is 10.0. The molecule has 0 heterocycles. The minimum Gasteiger partial charge on any atom is -0.385 e. The highest BCUT2D eigenvalue weighted by Gasteiger charge is 2.44. The summed E-state index contributed by atoms with van der Waals surface area (Å²) in [7, 11) is -3.63. The summed E-state index contributed by atoms with van der Waals surface area (Å²) >= 11 is 8.71. The molecule has 0 aromatic heterocycles. The summed E-state index contributed by atoms with van der Waals surface area (Å²) in [5.74, 6) is 0. The van der Waals surface area contributed by atoms with Crippen LogP contribution < -0.4 is 0 Å². The van der Waals surface area contributed by atoms with Crippen LogP contribution in [0.2, 0.25) is 0 Å². The van der Waals surface area contributed by atoms with Crippen LogP contribution in [0.3, 0.4) is 0 Å². The van der Waals surface area contributed by atoms with Crippen molar-refractivity contribution < 1.29 is 13.5 Å². The lowest BCUT2D eigenvalue weighted by Crippen LogP contribution is -2.32. The Morgan fingerprint density at radius 2 is 1.94 bits per heavy atom. The third-order valence-corrected chi connectivity index (χ3v) is 6.75. The maximum atomic E-state index is 11.4. The van der Waals surface area contributed by atoms with Gasteiger partial charge in [0.2, 0.25) is 3.12 Å². The van der Waals surface area contributed by atoms with E-state index in [2.05, 4.69) is 15.9 Å².